The van der Waals surface area contributed by atoms with E-state index in [9.17, 15) is 9.18 Å². The molecular weight excluding hydrogens is 339 g/mol. The Morgan fingerprint density at radius 3 is 2.56 bits per heavy atom. The van der Waals surface area contributed by atoms with E-state index in [1.54, 1.807) is 36.3 Å². The Bertz CT molecular complexity index is 847. The highest BCUT2D eigenvalue weighted by Gasteiger charge is 2.32. The molecule has 0 atom stereocenters. The number of nitrogens with zero attached hydrogens (tertiary/aromatic N) is 2. The van der Waals surface area contributed by atoms with Crippen molar-refractivity contribution < 1.29 is 13.9 Å². The number of hydrogen-bond acceptors (Lipinski definition) is 4. The molecule has 128 valence electrons. The van der Waals surface area contributed by atoms with Gasteiger partial charge in [0.15, 0.2) is 5.17 Å². The third-order valence-electron chi connectivity index (χ3n) is 3.69. The lowest BCUT2D eigenvalue weighted by atomic mass is 10.2. The molecule has 4 nitrogen and oxygen atoms in total. The van der Waals surface area contributed by atoms with E-state index in [0.29, 0.717) is 22.2 Å². The van der Waals surface area contributed by atoms with Crippen LogP contribution in [0.4, 0.5) is 10.1 Å². The van der Waals surface area contributed by atoms with Gasteiger partial charge in [0.25, 0.3) is 5.91 Å². The minimum Gasteiger partial charge on any atom is -0.497 e. The zero-order chi connectivity index (χ0) is 17.8. The Morgan fingerprint density at radius 1 is 1.20 bits per heavy atom. The topological polar surface area (TPSA) is 41.9 Å². The Morgan fingerprint density at radius 2 is 1.92 bits per heavy atom. The fourth-order valence-corrected chi connectivity index (χ4v) is 3.42. The number of methoxy groups -OCH3 is 1. The van der Waals surface area contributed by atoms with Crippen molar-refractivity contribution in [1.29, 1.82) is 0 Å². The molecule has 0 spiro atoms. The van der Waals surface area contributed by atoms with Gasteiger partial charge in [0.05, 0.1) is 17.7 Å². The minimum atomic E-state index is -0.355. The fourth-order valence-electron chi connectivity index (χ4n) is 2.37. The van der Waals surface area contributed by atoms with Crippen LogP contribution in [0.15, 0.2) is 58.4 Å². The molecule has 1 saturated heterocycles. The molecule has 0 radical (unpaired) electrons. The summed E-state index contributed by atoms with van der Waals surface area (Å²) in [5.74, 6) is 0.224. The molecule has 2 aromatic carbocycles. The van der Waals surface area contributed by atoms with Gasteiger partial charge in [-0.25, -0.2) is 9.38 Å². The number of thioether (sulfide) groups is 1. The second kappa shape index (κ2) is 7.53. The van der Waals surface area contributed by atoms with Crippen LogP contribution in [0.5, 0.6) is 5.75 Å². The van der Waals surface area contributed by atoms with E-state index < -0.39 is 0 Å². The van der Waals surface area contributed by atoms with Gasteiger partial charge in [-0.1, -0.05) is 18.2 Å². The van der Waals surface area contributed by atoms with Crippen LogP contribution in [0.1, 0.15) is 12.5 Å². The fraction of sp³-hybridized carbons (Fsp3) is 0.158. The SMILES string of the molecule is CCN1C(=O)/C(=C\c2ccccc2F)SC1=Nc1ccc(OC)cc1. The molecular formula is C19H17FN2O2S. The van der Waals surface area contributed by atoms with Crippen molar-refractivity contribution in [1.82, 2.24) is 4.90 Å². The summed E-state index contributed by atoms with van der Waals surface area (Å²) in [7, 11) is 1.60. The Labute approximate surface area is 150 Å². The van der Waals surface area contributed by atoms with E-state index in [-0.39, 0.29) is 11.7 Å². The van der Waals surface area contributed by atoms with Crippen LogP contribution < -0.4 is 4.74 Å². The summed E-state index contributed by atoms with van der Waals surface area (Å²) in [5.41, 5.74) is 1.11. The van der Waals surface area contributed by atoms with E-state index in [1.807, 2.05) is 31.2 Å². The molecule has 3 rings (SSSR count). The van der Waals surface area contributed by atoms with Gasteiger partial charge in [-0.3, -0.25) is 9.69 Å². The van der Waals surface area contributed by atoms with Gasteiger partial charge in [0.2, 0.25) is 0 Å². The second-order valence-corrected chi connectivity index (χ2v) is 6.28. The molecule has 25 heavy (non-hydrogen) atoms. The van der Waals surface area contributed by atoms with Gasteiger partial charge >= 0.3 is 0 Å². The van der Waals surface area contributed by atoms with E-state index in [1.165, 1.54) is 17.8 Å². The van der Waals surface area contributed by atoms with Crippen LogP contribution in [-0.4, -0.2) is 29.6 Å². The van der Waals surface area contributed by atoms with Gasteiger partial charge in [-0.15, -0.1) is 0 Å². The number of aliphatic imine (C=N–C) groups is 1. The van der Waals surface area contributed by atoms with Gasteiger partial charge in [0.1, 0.15) is 11.6 Å². The number of hydrogen-bond donors (Lipinski definition) is 0. The van der Waals surface area contributed by atoms with Crippen molar-refractivity contribution in [2.75, 3.05) is 13.7 Å². The maximum Gasteiger partial charge on any atom is 0.266 e. The summed E-state index contributed by atoms with van der Waals surface area (Å²) >= 11 is 1.25. The van der Waals surface area contributed by atoms with Crippen molar-refractivity contribution in [2.24, 2.45) is 4.99 Å². The average molecular weight is 356 g/mol. The number of amidine groups is 1. The summed E-state index contributed by atoms with van der Waals surface area (Å²) in [6, 6.07) is 13.7. The number of halogens is 1. The minimum absolute atomic E-state index is 0.164. The molecule has 2 aromatic rings. The maximum atomic E-state index is 13.8. The van der Waals surface area contributed by atoms with Crippen molar-refractivity contribution in [3.63, 3.8) is 0 Å². The van der Waals surface area contributed by atoms with Crippen molar-refractivity contribution in [2.45, 2.75) is 6.92 Å². The first kappa shape index (κ1) is 17.2. The van der Waals surface area contributed by atoms with Crippen LogP contribution in [0.2, 0.25) is 0 Å². The predicted molar refractivity (Wildman–Crippen MR) is 99.4 cm³/mol. The third kappa shape index (κ3) is 3.74. The smallest absolute Gasteiger partial charge is 0.266 e. The van der Waals surface area contributed by atoms with Gasteiger partial charge in [-0.05, 0) is 55.1 Å². The first-order valence-electron chi connectivity index (χ1n) is 7.81. The summed E-state index contributed by atoms with van der Waals surface area (Å²) in [5, 5.41) is 0.584. The second-order valence-electron chi connectivity index (χ2n) is 5.27. The van der Waals surface area contributed by atoms with E-state index in [0.717, 1.165) is 11.4 Å². The Balaban J connectivity index is 1.92. The first-order chi connectivity index (χ1) is 12.1. The van der Waals surface area contributed by atoms with E-state index in [2.05, 4.69) is 4.99 Å². The molecule has 0 aliphatic carbocycles. The zero-order valence-corrected chi connectivity index (χ0v) is 14.7. The molecule has 6 heteroatoms. The van der Waals surface area contributed by atoms with Gasteiger partial charge < -0.3 is 4.74 Å². The third-order valence-corrected chi connectivity index (χ3v) is 4.70. The molecule has 1 aliphatic heterocycles. The summed E-state index contributed by atoms with van der Waals surface area (Å²) in [6.07, 6.45) is 1.57. The normalized spacial score (nSPS) is 17.6. The number of benzene rings is 2. The Kier molecular flexibility index (Phi) is 5.19. The molecule has 0 bridgehead atoms. The number of carbonyl (C=O) groups is 1. The number of ether oxygens (including phenoxy) is 1. The van der Waals surface area contributed by atoms with Crippen molar-refractivity contribution in [3.8, 4) is 5.75 Å². The highest BCUT2D eigenvalue weighted by atomic mass is 32.2. The zero-order valence-electron chi connectivity index (χ0n) is 13.9. The highest BCUT2D eigenvalue weighted by molar-refractivity contribution is 8.18. The largest absolute Gasteiger partial charge is 0.497 e. The lowest BCUT2D eigenvalue weighted by molar-refractivity contribution is -0.122. The summed E-state index contributed by atoms with van der Waals surface area (Å²) in [6.45, 7) is 2.38. The summed E-state index contributed by atoms with van der Waals surface area (Å²) in [4.78, 5) is 19.2. The van der Waals surface area contributed by atoms with Crippen LogP contribution in [-0.2, 0) is 4.79 Å². The van der Waals surface area contributed by atoms with Crippen LogP contribution >= 0.6 is 11.8 Å². The van der Waals surface area contributed by atoms with E-state index >= 15 is 0 Å². The standard InChI is InChI=1S/C19H17FN2O2S/c1-3-22-18(23)17(12-13-6-4-5-7-16(13)20)25-19(22)21-14-8-10-15(24-2)11-9-14/h4-12H,3H2,1-2H3/b17-12+,21-19?. The van der Waals surface area contributed by atoms with E-state index in [4.69, 9.17) is 4.74 Å². The highest BCUT2D eigenvalue weighted by Crippen LogP contribution is 2.34. The predicted octanol–water partition coefficient (Wildman–Crippen LogP) is 4.46. The van der Waals surface area contributed by atoms with Crippen LogP contribution in [0.25, 0.3) is 6.08 Å². The lowest BCUT2D eigenvalue weighted by Gasteiger charge is -2.12. The molecule has 0 aromatic heterocycles. The van der Waals surface area contributed by atoms with Gasteiger partial charge in [-0.2, -0.15) is 0 Å². The summed E-state index contributed by atoms with van der Waals surface area (Å²) < 4.78 is 19.0. The monoisotopic (exact) mass is 356 g/mol. The van der Waals surface area contributed by atoms with Crippen molar-refractivity contribution in [3.05, 3.63) is 64.8 Å². The number of likely N-dealkylation sites (N-methyl/N-ethyl adjacent to an activating group) is 1. The molecule has 1 fully saturated rings. The molecule has 0 saturated carbocycles. The first-order valence-corrected chi connectivity index (χ1v) is 8.62. The average Bonchev–Trinajstić information content (AvgIpc) is 2.92. The number of rotatable bonds is 4. The molecule has 1 heterocycles. The van der Waals surface area contributed by atoms with Crippen LogP contribution in [0, 0.1) is 5.82 Å². The van der Waals surface area contributed by atoms with Crippen molar-refractivity contribution >= 4 is 34.6 Å². The molecule has 0 unspecified atom stereocenters. The maximum absolute atomic E-state index is 13.8. The molecule has 0 N–H and O–H groups in total. The number of amides is 1. The quantitative estimate of drug-likeness (QED) is 0.760. The lowest BCUT2D eigenvalue weighted by Crippen LogP contribution is -2.28. The Hall–Kier alpha value is -2.60. The van der Waals surface area contributed by atoms with Gasteiger partial charge in [0, 0.05) is 12.1 Å². The van der Waals surface area contributed by atoms with Crippen LogP contribution in [0.3, 0.4) is 0 Å². The molecule has 1 amide bonds. The number of carbonyl (C=O) groups excluding carboxylic acids is 1. The molecule has 1 aliphatic rings.